The minimum Gasteiger partial charge on any atom is -0.339 e. The standard InChI is InChI=1S/C15H17BrN2O2/c1-15(2,3)12(19)9-14-17-13(18-20-14)8-10-6-4-5-7-11(10)16/h4-7H,8-9H2,1-3H3. The summed E-state index contributed by atoms with van der Waals surface area (Å²) in [4.78, 5) is 16.2. The Balaban J connectivity index is 2.07. The molecular weight excluding hydrogens is 320 g/mol. The van der Waals surface area contributed by atoms with E-state index >= 15 is 0 Å². The molecule has 0 aliphatic carbocycles. The number of Topliss-reactive ketones (excluding diaryl/α,β-unsaturated/α-hetero) is 1. The first kappa shape index (κ1) is 14.9. The Labute approximate surface area is 126 Å². The number of halogens is 1. The van der Waals surface area contributed by atoms with Crippen LogP contribution in [0.15, 0.2) is 33.3 Å². The lowest BCUT2D eigenvalue weighted by atomic mass is 9.89. The highest BCUT2D eigenvalue weighted by molar-refractivity contribution is 9.10. The average molecular weight is 337 g/mol. The van der Waals surface area contributed by atoms with Gasteiger partial charge in [-0.05, 0) is 11.6 Å². The smallest absolute Gasteiger partial charge is 0.234 e. The largest absolute Gasteiger partial charge is 0.339 e. The van der Waals surface area contributed by atoms with Crippen LogP contribution in [0.3, 0.4) is 0 Å². The molecule has 1 aromatic carbocycles. The summed E-state index contributed by atoms with van der Waals surface area (Å²) in [6.07, 6.45) is 0.765. The van der Waals surface area contributed by atoms with Crippen LogP contribution < -0.4 is 0 Å². The Bertz CT molecular complexity index is 614. The summed E-state index contributed by atoms with van der Waals surface area (Å²) in [6.45, 7) is 5.65. The second-order valence-corrected chi connectivity index (χ2v) is 6.58. The number of ketones is 1. The van der Waals surface area contributed by atoms with Crippen molar-refractivity contribution in [3.05, 3.63) is 46.0 Å². The molecule has 0 fully saturated rings. The van der Waals surface area contributed by atoms with E-state index in [0.29, 0.717) is 18.1 Å². The predicted molar refractivity (Wildman–Crippen MR) is 79.4 cm³/mol. The molecule has 0 aliphatic rings. The van der Waals surface area contributed by atoms with Crippen molar-refractivity contribution < 1.29 is 9.32 Å². The van der Waals surface area contributed by atoms with Crippen molar-refractivity contribution in [2.75, 3.05) is 0 Å². The van der Waals surface area contributed by atoms with Crippen molar-refractivity contribution in [2.45, 2.75) is 33.6 Å². The predicted octanol–water partition coefficient (Wildman–Crippen LogP) is 3.58. The van der Waals surface area contributed by atoms with Crippen molar-refractivity contribution in [1.29, 1.82) is 0 Å². The Morgan fingerprint density at radius 3 is 2.65 bits per heavy atom. The summed E-state index contributed by atoms with van der Waals surface area (Å²) in [5.74, 6) is 1.06. The van der Waals surface area contributed by atoms with Gasteiger partial charge in [-0.15, -0.1) is 0 Å². The summed E-state index contributed by atoms with van der Waals surface area (Å²) in [5, 5.41) is 3.93. The van der Waals surface area contributed by atoms with E-state index in [2.05, 4.69) is 26.1 Å². The van der Waals surface area contributed by atoms with E-state index < -0.39 is 5.41 Å². The molecule has 20 heavy (non-hydrogen) atoms. The van der Waals surface area contributed by atoms with Crippen LogP contribution >= 0.6 is 15.9 Å². The third kappa shape index (κ3) is 3.76. The molecule has 4 nitrogen and oxygen atoms in total. The van der Waals surface area contributed by atoms with Gasteiger partial charge in [-0.2, -0.15) is 4.98 Å². The van der Waals surface area contributed by atoms with Crippen molar-refractivity contribution in [1.82, 2.24) is 10.1 Å². The Morgan fingerprint density at radius 2 is 2.00 bits per heavy atom. The molecule has 1 heterocycles. The fraction of sp³-hybridized carbons (Fsp3) is 0.400. The fourth-order valence-electron chi connectivity index (χ4n) is 1.65. The highest BCUT2D eigenvalue weighted by atomic mass is 79.9. The van der Waals surface area contributed by atoms with Crippen LogP contribution in [0.4, 0.5) is 0 Å². The van der Waals surface area contributed by atoms with Crippen LogP contribution in [-0.4, -0.2) is 15.9 Å². The molecule has 0 aliphatic heterocycles. The first-order valence-corrected chi connectivity index (χ1v) is 7.24. The van der Waals surface area contributed by atoms with Crippen molar-refractivity contribution >= 4 is 21.7 Å². The number of hydrogen-bond donors (Lipinski definition) is 0. The van der Waals surface area contributed by atoms with Crippen molar-refractivity contribution in [3.63, 3.8) is 0 Å². The van der Waals surface area contributed by atoms with Crippen LogP contribution in [0, 0.1) is 5.41 Å². The van der Waals surface area contributed by atoms with Gasteiger partial charge in [0.25, 0.3) is 0 Å². The highest BCUT2D eigenvalue weighted by Crippen LogP contribution is 2.20. The topological polar surface area (TPSA) is 56.0 Å². The average Bonchev–Trinajstić information content (AvgIpc) is 2.78. The maximum absolute atomic E-state index is 11.9. The molecule has 106 valence electrons. The first-order chi connectivity index (χ1) is 9.36. The molecule has 0 radical (unpaired) electrons. The maximum atomic E-state index is 11.9. The van der Waals surface area contributed by atoms with E-state index in [1.165, 1.54) is 0 Å². The van der Waals surface area contributed by atoms with Crippen molar-refractivity contribution in [3.8, 4) is 0 Å². The molecule has 2 aromatic rings. The number of nitrogens with zero attached hydrogens (tertiary/aromatic N) is 2. The zero-order valence-corrected chi connectivity index (χ0v) is 13.4. The number of rotatable bonds is 4. The second kappa shape index (κ2) is 5.87. The zero-order chi connectivity index (χ0) is 14.8. The van der Waals surface area contributed by atoms with Gasteiger partial charge >= 0.3 is 0 Å². The van der Waals surface area contributed by atoms with Gasteiger partial charge in [0.05, 0.1) is 6.42 Å². The molecule has 5 heteroatoms. The number of hydrogen-bond acceptors (Lipinski definition) is 4. The minimum atomic E-state index is -0.392. The first-order valence-electron chi connectivity index (χ1n) is 6.44. The van der Waals surface area contributed by atoms with E-state index in [1.807, 2.05) is 45.0 Å². The number of carbonyl (C=O) groups excluding carboxylic acids is 1. The van der Waals surface area contributed by atoms with Crippen LogP contribution in [0.25, 0.3) is 0 Å². The normalized spacial score (nSPS) is 11.6. The van der Waals surface area contributed by atoms with E-state index in [1.54, 1.807) is 0 Å². The molecular formula is C15H17BrN2O2. The molecule has 0 atom stereocenters. The van der Waals surface area contributed by atoms with Gasteiger partial charge in [-0.25, -0.2) is 0 Å². The van der Waals surface area contributed by atoms with Gasteiger partial charge in [0.2, 0.25) is 5.89 Å². The summed E-state index contributed by atoms with van der Waals surface area (Å²) >= 11 is 3.49. The SMILES string of the molecule is CC(C)(C)C(=O)Cc1nc(Cc2ccccc2Br)no1. The van der Waals surface area contributed by atoms with Crippen LogP contribution in [0.1, 0.15) is 38.0 Å². The summed E-state index contributed by atoms with van der Waals surface area (Å²) in [7, 11) is 0. The molecule has 0 amide bonds. The van der Waals surface area contributed by atoms with Gasteiger partial charge < -0.3 is 4.52 Å². The highest BCUT2D eigenvalue weighted by Gasteiger charge is 2.23. The van der Waals surface area contributed by atoms with Gasteiger partial charge in [0, 0.05) is 16.3 Å². The van der Waals surface area contributed by atoms with Gasteiger partial charge in [0.15, 0.2) is 5.82 Å². The van der Waals surface area contributed by atoms with Gasteiger partial charge in [-0.3, -0.25) is 4.79 Å². The second-order valence-electron chi connectivity index (χ2n) is 5.72. The van der Waals surface area contributed by atoms with E-state index in [9.17, 15) is 4.79 Å². The monoisotopic (exact) mass is 336 g/mol. The lowest BCUT2D eigenvalue weighted by molar-refractivity contribution is -0.125. The third-order valence-electron chi connectivity index (χ3n) is 2.96. The molecule has 2 rings (SSSR count). The van der Waals surface area contributed by atoms with E-state index in [4.69, 9.17) is 4.52 Å². The Hall–Kier alpha value is -1.49. The number of aromatic nitrogens is 2. The fourth-order valence-corrected chi connectivity index (χ4v) is 2.07. The summed E-state index contributed by atoms with van der Waals surface area (Å²) in [6, 6.07) is 7.89. The Kier molecular flexibility index (Phi) is 4.38. The van der Waals surface area contributed by atoms with Gasteiger partial charge in [0.1, 0.15) is 5.78 Å². The molecule has 0 spiro atoms. The molecule has 0 saturated carbocycles. The molecule has 0 N–H and O–H groups in total. The van der Waals surface area contributed by atoms with E-state index in [-0.39, 0.29) is 12.2 Å². The summed E-state index contributed by atoms with van der Waals surface area (Å²) < 4.78 is 6.16. The third-order valence-corrected chi connectivity index (χ3v) is 3.74. The van der Waals surface area contributed by atoms with E-state index in [0.717, 1.165) is 10.0 Å². The van der Waals surface area contributed by atoms with Gasteiger partial charge in [-0.1, -0.05) is 60.1 Å². The lowest BCUT2D eigenvalue weighted by Crippen LogP contribution is -2.22. The summed E-state index contributed by atoms with van der Waals surface area (Å²) in [5.41, 5.74) is 0.693. The quantitative estimate of drug-likeness (QED) is 0.856. The Morgan fingerprint density at radius 1 is 1.30 bits per heavy atom. The minimum absolute atomic E-state index is 0.0913. The molecule has 0 saturated heterocycles. The van der Waals surface area contributed by atoms with Crippen molar-refractivity contribution in [2.24, 2.45) is 5.41 Å². The molecule has 1 aromatic heterocycles. The maximum Gasteiger partial charge on any atom is 0.234 e. The lowest BCUT2D eigenvalue weighted by Gasteiger charge is -2.14. The molecule has 0 unspecified atom stereocenters. The van der Waals surface area contributed by atoms with Crippen LogP contribution in [-0.2, 0) is 17.6 Å². The number of carbonyl (C=O) groups is 1. The van der Waals surface area contributed by atoms with Crippen LogP contribution in [0.2, 0.25) is 0 Å². The number of benzene rings is 1. The molecule has 0 bridgehead atoms. The van der Waals surface area contributed by atoms with Crippen LogP contribution in [0.5, 0.6) is 0 Å². The zero-order valence-electron chi connectivity index (χ0n) is 11.8.